The van der Waals surface area contributed by atoms with E-state index in [0.717, 1.165) is 41.6 Å². The van der Waals surface area contributed by atoms with E-state index in [1.807, 2.05) is 24.3 Å². The third-order valence-corrected chi connectivity index (χ3v) is 3.65. The minimum Gasteiger partial charge on any atom is -0.497 e. The predicted octanol–water partition coefficient (Wildman–Crippen LogP) is 3.85. The number of ether oxygens (including phenoxy) is 1. The van der Waals surface area contributed by atoms with Gasteiger partial charge in [0, 0.05) is 29.8 Å². The highest BCUT2D eigenvalue weighted by molar-refractivity contribution is 5.59. The first kappa shape index (κ1) is 13.9. The normalized spacial score (nSPS) is 14.0. The van der Waals surface area contributed by atoms with Crippen LogP contribution in [0.5, 0.6) is 5.75 Å². The van der Waals surface area contributed by atoms with Crippen LogP contribution in [0, 0.1) is 0 Å². The highest BCUT2D eigenvalue weighted by atomic mass is 16.5. The molecule has 1 aromatic carbocycles. The molecule has 4 nitrogen and oxygen atoms in total. The smallest absolute Gasteiger partial charge is 0.161 e. The molecule has 21 heavy (non-hydrogen) atoms. The number of rotatable bonds is 6. The van der Waals surface area contributed by atoms with Gasteiger partial charge >= 0.3 is 0 Å². The number of nitrogens with one attached hydrogen (secondary N) is 1. The maximum atomic E-state index is 5.20. The Kier molecular flexibility index (Phi) is 4.04. The van der Waals surface area contributed by atoms with Gasteiger partial charge in [-0.1, -0.05) is 6.92 Å². The van der Waals surface area contributed by atoms with Crippen LogP contribution in [0.4, 0.5) is 5.82 Å². The standard InChI is InChI=1S/C17H21N3O/c1-3-10-18-16-11-15(12-4-5-12)19-17(20-16)13-6-8-14(21-2)9-7-13/h6-9,11-12H,3-5,10H2,1-2H3,(H,18,19,20). The Morgan fingerprint density at radius 1 is 1.19 bits per heavy atom. The number of anilines is 1. The van der Waals surface area contributed by atoms with E-state index in [1.54, 1.807) is 7.11 Å². The molecule has 1 saturated carbocycles. The minimum atomic E-state index is 0.618. The summed E-state index contributed by atoms with van der Waals surface area (Å²) in [6.07, 6.45) is 3.57. The van der Waals surface area contributed by atoms with Gasteiger partial charge in [0.25, 0.3) is 0 Å². The summed E-state index contributed by atoms with van der Waals surface area (Å²) in [5, 5.41) is 3.37. The molecule has 0 spiro atoms. The van der Waals surface area contributed by atoms with Crippen molar-refractivity contribution in [2.24, 2.45) is 0 Å². The van der Waals surface area contributed by atoms with E-state index in [9.17, 15) is 0 Å². The highest BCUT2D eigenvalue weighted by Gasteiger charge is 2.26. The molecule has 0 radical (unpaired) electrons. The van der Waals surface area contributed by atoms with E-state index in [0.29, 0.717) is 5.92 Å². The van der Waals surface area contributed by atoms with Crippen molar-refractivity contribution in [3.05, 3.63) is 36.0 Å². The lowest BCUT2D eigenvalue weighted by molar-refractivity contribution is 0.415. The van der Waals surface area contributed by atoms with E-state index >= 15 is 0 Å². The lowest BCUT2D eigenvalue weighted by Crippen LogP contribution is -2.05. The summed E-state index contributed by atoms with van der Waals surface area (Å²) in [5.74, 6) is 3.19. The van der Waals surface area contributed by atoms with Gasteiger partial charge in [-0.3, -0.25) is 0 Å². The zero-order chi connectivity index (χ0) is 14.7. The van der Waals surface area contributed by atoms with E-state index in [4.69, 9.17) is 9.72 Å². The fraction of sp³-hybridized carbons (Fsp3) is 0.412. The van der Waals surface area contributed by atoms with Crippen LogP contribution < -0.4 is 10.1 Å². The molecule has 0 bridgehead atoms. The molecule has 1 aliphatic carbocycles. The molecule has 1 aromatic heterocycles. The molecule has 1 N–H and O–H groups in total. The molecule has 1 fully saturated rings. The molecule has 1 aliphatic rings. The van der Waals surface area contributed by atoms with E-state index in [1.165, 1.54) is 12.8 Å². The second kappa shape index (κ2) is 6.12. The molecule has 0 saturated heterocycles. The van der Waals surface area contributed by atoms with Crippen LogP contribution >= 0.6 is 0 Å². The molecular weight excluding hydrogens is 262 g/mol. The molecule has 0 aliphatic heterocycles. The van der Waals surface area contributed by atoms with Crippen LogP contribution in [0.1, 0.15) is 37.8 Å². The fourth-order valence-corrected chi connectivity index (χ4v) is 2.27. The predicted molar refractivity (Wildman–Crippen MR) is 84.8 cm³/mol. The number of aromatic nitrogens is 2. The summed E-state index contributed by atoms with van der Waals surface area (Å²) in [5.41, 5.74) is 2.19. The van der Waals surface area contributed by atoms with Crippen molar-refractivity contribution in [3.63, 3.8) is 0 Å². The molecule has 0 atom stereocenters. The van der Waals surface area contributed by atoms with E-state index in [2.05, 4.69) is 23.3 Å². The zero-order valence-electron chi connectivity index (χ0n) is 12.6. The summed E-state index contributed by atoms with van der Waals surface area (Å²) in [7, 11) is 1.67. The third-order valence-electron chi connectivity index (χ3n) is 3.65. The molecule has 1 heterocycles. The summed E-state index contributed by atoms with van der Waals surface area (Å²) in [6, 6.07) is 10.0. The SMILES string of the molecule is CCCNc1cc(C2CC2)nc(-c2ccc(OC)cc2)n1. The first-order chi connectivity index (χ1) is 10.3. The zero-order valence-corrected chi connectivity index (χ0v) is 12.6. The highest BCUT2D eigenvalue weighted by Crippen LogP contribution is 2.40. The summed E-state index contributed by atoms with van der Waals surface area (Å²) in [6.45, 7) is 3.09. The Balaban J connectivity index is 1.93. The van der Waals surface area contributed by atoms with Crippen molar-refractivity contribution >= 4 is 5.82 Å². The van der Waals surface area contributed by atoms with Gasteiger partial charge in [-0.15, -0.1) is 0 Å². The van der Waals surface area contributed by atoms with Crippen molar-refractivity contribution in [2.75, 3.05) is 19.0 Å². The monoisotopic (exact) mass is 283 g/mol. The molecule has 0 amide bonds. The topological polar surface area (TPSA) is 47.0 Å². The van der Waals surface area contributed by atoms with Crippen LogP contribution in [-0.4, -0.2) is 23.6 Å². The van der Waals surface area contributed by atoms with Gasteiger partial charge in [0.05, 0.1) is 7.11 Å². The van der Waals surface area contributed by atoms with Crippen molar-refractivity contribution in [1.82, 2.24) is 9.97 Å². The Morgan fingerprint density at radius 3 is 2.57 bits per heavy atom. The van der Waals surface area contributed by atoms with E-state index in [-0.39, 0.29) is 0 Å². The molecule has 0 unspecified atom stereocenters. The average molecular weight is 283 g/mol. The maximum absolute atomic E-state index is 5.20. The molecular formula is C17H21N3O. The molecule has 4 heteroatoms. The first-order valence-electron chi connectivity index (χ1n) is 7.57. The fourth-order valence-electron chi connectivity index (χ4n) is 2.27. The van der Waals surface area contributed by atoms with Crippen LogP contribution in [-0.2, 0) is 0 Å². The Hall–Kier alpha value is -2.10. The van der Waals surface area contributed by atoms with Crippen LogP contribution in [0.25, 0.3) is 11.4 Å². The Morgan fingerprint density at radius 2 is 1.95 bits per heavy atom. The van der Waals surface area contributed by atoms with Gasteiger partial charge in [-0.25, -0.2) is 9.97 Å². The molecule has 3 rings (SSSR count). The Labute approximate surface area is 125 Å². The average Bonchev–Trinajstić information content (AvgIpc) is 3.37. The minimum absolute atomic E-state index is 0.618. The summed E-state index contributed by atoms with van der Waals surface area (Å²) < 4.78 is 5.20. The van der Waals surface area contributed by atoms with Crippen molar-refractivity contribution < 1.29 is 4.74 Å². The van der Waals surface area contributed by atoms with Gasteiger partial charge in [0.1, 0.15) is 11.6 Å². The van der Waals surface area contributed by atoms with Crippen molar-refractivity contribution in [2.45, 2.75) is 32.1 Å². The second-order valence-electron chi connectivity index (χ2n) is 5.43. The number of hydrogen-bond donors (Lipinski definition) is 1. The molecule has 2 aromatic rings. The number of hydrogen-bond acceptors (Lipinski definition) is 4. The lowest BCUT2D eigenvalue weighted by Gasteiger charge is -2.09. The van der Waals surface area contributed by atoms with Crippen molar-refractivity contribution in [3.8, 4) is 17.1 Å². The number of nitrogens with zero attached hydrogens (tertiary/aromatic N) is 2. The van der Waals surface area contributed by atoms with Crippen LogP contribution in [0.15, 0.2) is 30.3 Å². The quantitative estimate of drug-likeness (QED) is 0.874. The maximum Gasteiger partial charge on any atom is 0.161 e. The van der Waals surface area contributed by atoms with Crippen molar-refractivity contribution in [1.29, 1.82) is 0 Å². The van der Waals surface area contributed by atoms with Gasteiger partial charge in [0.15, 0.2) is 5.82 Å². The van der Waals surface area contributed by atoms with Gasteiger partial charge < -0.3 is 10.1 Å². The largest absolute Gasteiger partial charge is 0.497 e. The van der Waals surface area contributed by atoms with Gasteiger partial charge in [-0.05, 0) is 43.5 Å². The lowest BCUT2D eigenvalue weighted by atomic mass is 10.2. The summed E-state index contributed by atoms with van der Waals surface area (Å²) in [4.78, 5) is 9.38. The number of methoxy groups -OCH3 is 1. The van der Waals surface area contributed by atoms with Crippen LogP contribution in [0.2, 0.25) is 0 Å². The Bertz CT molecular complexity index is 606. The third kappa shape index (κ3) is 3.32. The first-order valence-corrected chi connectivity index (χ1v) is 7.57. The molecule has 110 valence electrons. The van der Waals surface area contributed by atoms with Gasteiger partial charge in [-0.2, -0.15) is 0 Å². The van der Waals surface area contributed by atoms with Gasteiger partial charge in [0.2, 0.25) is 0 Å². The summed E-state index contributed by atoms with van der Waals surface area (Å²) >= 11 is 0. The second-order valence-corrected chi connectivity index (χ2v) is 5.43. The van der Waals surface area contributed by atoms with Crippen LogP contribution in [0.3, 0.4) is 0 Å². The number of benzene rings is 1. The van der Waals surface area contributed by atoms with E-state index < -0.39 is 0 Å².